The number of rotatable bonds is 4. The van der Waals surface area contributed by atoms with Crippen LogP contribution in [0.4, 0.5) is 11.5 Å². The molecule has 1 aliphatic carbocycles. The Labute approximate surface area is 95.5 Å². The molecular formula is C12H17N3O. The minimum atomic E-state index is 0.117. The first-order chi connectivity index (χ1) is 7.65. The highest BCUT2D eigenvalue weighted by Crippen LogP contribution is 2.30. The number of nitrogens with one attached hydrogen (secondary N) is 2. The zero-order valence-corrected chi connectivity index (χ0v) is 9.66. The second-order valence-corrected chi connectivity index (χ2v) is 4.49. The van der Waals surface area contributed by atoms with E-state index in [1.807, 2.05) is 12.1 Å². The van der Waals surface area contributed by atoms with Gasteiger partial charge in [0.05, 0.1) is 11.9 Å². The van der Waals surface area contributed by atoms with E-state index in [0.717, 1.165) is 24.3 Å². The fourth-order valence-corrected chi connectivity index (χ4v) is 1.44. The zero-order chi connectivity index (χ0) is 11.5. The second kappa shape index (κ2) is 4.51. The molecule has 4 heteroatoms. The fourth-order valence-electron chi connectivity index (χ4n) is 1.44. The number of aromatic nitrogens is 1. The summed E-state index contributed by atoms with van der Waals surface area (Å²) in [5.74, 6) is 1.18. The van der Waals surface area contributed by atoms with Crippen LogP contribution in [0.1, 0.15) is 26.7 Å². The maximum absolute atomic E-state index is 11.5. The smallest absolute Gasteiger partial charge is 0.227 e. The number of pyridine rings is 1. The van der Waals surface area contributed by atoms with Crippen LogP contribution in [0.2, 0.25) is 0 Å². The maximum atomic E-state index is 11.5. The van der Waals surface area contributed by atoms with Crippen molar-refractivity contribution in [3.63, 3.8) is 0 Å². The van der Waals surface area contributed by atoms with Crippen LogP contribution in [-0.2, 0) is 4.79 Å². The lowest BCUT2D eigenvalue weighted by molar-refractivity contribution is -0.117. The van der Waals surface area contributed by atoms with E-state index in [4.69, 9.17) is 0 Å². The molecule has 1 aliphatic rings. The van der Waals surface area contributed by atoms with Gasteiger partial charge in [-0.3, -0.25) is 4.79 Å². The minimum absolute atomic E-state index is 0.117. The van der Waals surface area contributed by atoms with Crippen molar-refractivity contribution in [2.24, 2.45) is 5.92 Å². The van der Waals surface area contributed by atoms with Gasteiger partial charge in [-0.1, -0.05) is 0 Å². The fraction of sp³-hybridized carbons (Fsp3) is 0.500. The standard InChI is InChI=1S/C12H17N3O/c1-8(2)14-11-6-5-10(7-13-11)15-12(16)9-3-4-9/h5-9H,3-4H2,1-2H3,(H,13,14)(H,15,16). The van der Waals surface area contributed by atoms with E-state index in [9.17, 15) is 4.79 Å². The third-order valence-corrected chi connectivity index (χ3v) is 2.42. The van der Waals surface area contributed by atoms with E-state index in [2.05, 4.69) is 29.5 Å². The average molecular weight is 219 g/mol. The molecule has 0 bridgehead atoms. The highest BCUT2D eigenvalue weighted by Gasteiger charge is 2.29. The molecule has 0 atom stereocenters. The summed E-state index contributed by atoms with van der Waals surface area (Å²) in [6.45, 7) is 4.12. The molecule has 0 aromatic carbocycles. The predicted octanol–water partition coefficient (Wildman–Crippen LogP) is 2.25. The SMILES string of the molecule is CC(C)Nc1ccc(NC(=O)C2CC2)cn1. The molecule has 0 unspecified atom stereocenters. The Morgan fingerprint density at radius 2 is 2.19 bits per heavy atom. The van der Waals surface area contributed by atoms with Gasteiger partial charge in [-0.05, 0) is 38.8 Å². The van der Waals surface area contributed by atoms with Crippen molar-refractivity contribution in [3.05, 3.63) is 18.3 Å². The first-order valence-corrected chi connectivity index (χ1v) is 5.68. The van der Waals surface area contributed by atoms with Crippen molar-refractivity contribution < 1.29 is 4.79 Å². The van der Waals surface area contributed by atoms with E-state index in [0.29, 0.717) is 6.04 Å². The summed E-state index contributed by atoms with van der Waals surface area (Å²) < 4.78 is 0. The van der Waals surface area contributed by atoms with Crippen molar-refractivity contribution in [3.8, 4) is 0 Å². The van der Waals surface area contributed by atoms with Crippen LogP contribution in [0.15, 0.2) is 18.3 Å². The van der Waals surface area contributed by atoms with Crippen molar-refractivity contribution in [2.45, 2.75) is 32.7 Å². The highest BCUT2D eigenvalue weighted by atomic mass is 16.2. The topological polar surface area (TPSA) is 54.0 Å². The molecule has 1 saturated carbocycles. The lowest BCUT2D eigenvalue weighted by atomic mass is 10.3. The predicted molar refractivity (Wildman–Crippen MR) is 64.3 cm³/mol. The van der Waals surface area contributed by atoms with Crippen LogP contribution in [0.5, 0.6) is 0 Å². The minimum Gasteiger partial charge on any atom is -0.368 e. The summed E-state index contributed by atoms with van der Waals surface area (Å²) in [7, 11) is 0. The van der Waals surface area contributed by atoms with Gasteiger partial charge in [-0.2, -0.15) is 0 Å². The summed E-state index contributed by atoms with van der Waals surface area (Å²) in [5, 5.41) is 6.05. The van der Waals surface area contributed by atoms with E-state index >= 15 is 0 Å². The third kappa shape index (κ3) is 2.95. The molecule has 16 heavy (non-hydrogen) atoms. The molecule has 1 heterocycles. The Balaban J connectivity index is 1.93. The van der Waals surface area contributed by atoms with Crippen LogP contribution < -0.4 is 10.6 Å². The number of carbonyl (C=O) groups is 1. The van der Waals surface area contributed by atoms with Crippen molar-refractivity contribution in [2.75, 3.05) is 10.6 Å². The molecule has 2 rings (SSSR count). The van der Waals surface area contributed by atoms with Crippen LogP contribution in [-0.4, -0.2) is 16.9 Å². The lowest BCUT2D eigenvalue weighted by Crippen LogP contribution is -2.14. The van der Waals surface area contributed by atoms with Crippen molar-refractivity contribution in [1.29, 1.82) is 0 Å². The molecule has 1 aromatic heterocycles. The summed E-state index contributed by atoms with van der Waals surface area (Å²) in [4.78, 5) is 15.7. The van der Waals surface area contributed by atoms with Crippen molar-refractivity contribution in [1.82, 2.24) is 4.98 Å². The normalized spacial score (nSPS) is 14.9. The van der Waals surface area contributed by atoms with Crippen LogP contribution >= 0.6 is 0 Å². The molecule has 1 fully saturated rings. The quantitative estimate of drug-likeness (QED) is 0.816. The van der Waals surface area contributed by atoms with Crippen LogP contribution in [0.3, 0.4) is 0 Å². The number of carbonyl (C=O) groups excluding carboxylic acids is 1. The Hall–Kier alpha value is -1.58. The van der Waals surface area contributed by atoms with Gasteiger partial charge < -0.3 is 10.6 Å². The van der Waals surface area contributed by atoms with Crippen LogP contribution in [0, 0.1) is 5.92 Å². The molecule has 2 N–H and O–H groups in total. The first-order valence-electron chi connectivity index (χ1n) is 5.68. The largest absolute Gasteiger partial charge is 0.368 e. The van der Waals surface area contributed by atoms with Gasteiger partial charge in [0.2, 0.25) is 5.91 Å². The van der Waals surface area contributed by atoms with Crippen LogP contribution in [0.25, 0.3) is 0 Å². The number of anilines is 2. The summed E-state index contributed by atoms with van der Waals surface area (Å²) in [6.07, 6.45) is 3.73. The van der Waals surface area contributed by atoms with E-state index in [1.54, 1.807) is 6.20 Å². The molecule has 86 valence electrons. The van der Waals surface area contributed by atoms with Gasteiger partial charge in [-0.25, -0.2) is 4.98 Å². The molecule has 4 nitrogen and oxygen atoms in total. The molecule has 0 aliphatic heterocycles. The molecule has 1 amide bonds. The molecule has 1 aromatic rings. The number of hydrogen-bond donors (Lipinski definition) is 2. The highest BCUT2D eigenvalue weighted by molar-refractivity contribution is 5.93. The maximum Gasteiger partial charge on any atom is 0.227 e. The number of nitrogens with zero attached hydrogens (tertiary/aromatic N) is 1. The summed E-state index contributed by atoms with van der Waals surface area (Å²) in [6, 6.07) is 4.11. The van der Waals surface area contributed by atoms with E-state index in [1.165, 1.54) is 0 Å². The molecular weight excluding hydrogens is 202 g/mol. The Morgan fingerprint density at radius 3 is 2.69 bits per heavy atom. The Kier molecular flexibility index (Phi) is 3.08. The average Bonchev–Trinajstić information content (AvgIpc) is 3.03. The molecule has 0 spiro atoms. The second-order valence-electron chi connectivity index (χ2n) is 4.49. The first kappa shape index (κ1) is 10.9. The summed E-state index contributed by atoms with van der Waals surface area (Å²) in [5.41, 5.74) is 0.770. The van der Waals surface area contributed by atoms with Gasteiger partial charge >= 0.3 is 0 Å². The van der Waals surface area contributed by atoms with E-state index < -0.39 is 0 Å². The number of amides is 1. The molecule has 0 radical (unpaired) electrons. The Bertz CT molecular complexity index is 368. The van der Waals surface area contributed by atoms with Crippen molar-refractivity contribution >= 4 is 17.4 Å². The summed E-state index contributed by atoms with van der Waals surface area (Å²) >= 11 is 0. The van der Waals surface area contributed by atoms with Gasteiger partial charge in [0, 0.05) is 12.0 Å². The van der Waals surface area contributed by atoms with Gasteiger partial charge in [0.1, 0.15) is 5.82 Å². The van der Waals surface area contributed by atoms with E-state index in [-0.39, 0.29) is 11.8 Å². The third-order valence-electron chi connectivity index (χ3n) is 2.42. The number of hydrogen-bond acceptors (Lipinski definition) is 3. The molecule has 0 saturated heterocycles. The van der Waals surface area contributed by atoms with Gasteiger partial charge in [-0.15, -0.1) is 0 Å². The van der Waals surface area contributed by atoms with Gasteiger partial charge in [0.15, 0.2) is 0 Å². The lowest BCUT2D eigenvalue weighted by Gasteiger charge is -2.09. The monoisotopic (exact) mass is 219 g/mol. The zero-order valence-electron chi connectivity index (χ0n) is 9.66. The Morgan fingerprint density at radius 1 is 1.44 bits per heavy atom. The van der Waals surface area contributed by atoms with Gasteiger partial charge in [0.25, 0.3) is 0 Å².